The third kappa shape index (κ3) is 12.2. The van der Waals surface area contributed by atoms with Gasteiger partial charge in [0.15, 0.2) is 0 Å². The Morgan fingerprint density at radius 2 is 1.95 bits per heavy atom. The van der Waals surface area contributed by atoms with Gasteiger partial charge in [-0.2, -0.15) is 0 Å². The van der Waals surface area contributed by atoms with Crippen LogP contribution in [-0.2, 0) is 9.53 Å². The van der Waals surface area contributed by atoms with E-state index in [1.807, 2.05) is 0 Å². The molecule has 0 aromatic carbocycles. The SMILES string of the molecule is CCCCOCCCNC(=O)CC(CN)CC(C)C. The minimum absolute atomic E-state index is 0.115. The van der Waals surface area contributed by atoms with Gasteiger partial charge in [0, 0.05) is 26.2 Å². The summed E-state index contributed by atoms with van der Waals surface area (Å²) < 4.78 is 5.44. The molecule has 0 aromatic rings. The summed E-state index contributed by atoms with van der Waals surface area (Å²) >= 11 is 0. The zero-order valence-electron chi connectivity index (χ0n) is 12.9. The molecular weight excluding hydrogens is 240 g/mol. The molecule has 4 nitrogen and oxygen atoms in total. The third-order valence-electron chi connectivity index (χ3n) is 3.04. The highest BCUT2D eigenvalue weighted by Gasteiger charge is 2.13. The molecule has 114 valence electrons. The molecule has 0 aliphatic heterocycles. The van der Waals surface area contributed by atoms with Gasteiger partial charge in [-0.05, 0) is 37.6 Å². The molecule has 0 aliphatic rings. The molecule has 3 N–H and O–H groups in total. The van der Waals surface area contributed by atoms with Gasteiger partial charge in [0.25, 0.3) is 0 Å². The first-order valence-corrected chi connectivity index (χ1v) is 7.64. The maximum absolute atomic E-state index is 11.7. The summed E-state index contributed by atoms with van der Waals surface area (Å²) in [6.45, 7) is 9.31. The third-order valence-corrected chi connectivity index (χ3v) is 3.04. The van der Waals surface area contributed by atoms with Crippen molar-refractivity contribution in [2.24, 2.45) is 17.6 Å². The van der Waals surface area contributed by atoms with E-state index in [4.69, 9.17) is 10.5 Å². The van der Waals surface area contributed by atoms with E-state index in [0.717, 1.165) is 38.9 Å². The lowest BCUT2D eigenvalue weighted by atomic mass is 9.94. The van der Waals surface area contributed by atoms with Crippen molar-refractivity contribution in [3.05, 3.63) is 0 Å². The molecular formula is C15H32N2O2. The lowest BCUT2D eigenvalue weighted by molar-refractivity contribution is -0.122. The summed E-state index contributed by atoms with van der Waals surface area (Å²) in [4.78, 5) is 11.7. The Morgan fingerprint density at radius 3 is 2.53 bits per heavy atom. The first-order valence-electron chi connectivity index (χ1n) is 7.64. The summed E-state index contributed by atoms with van der Waals surface area (Å²) in [5, 5.41) is 2.94. The number of nitrogens with two attached hydrogens (primary N) is 1. The van der Waals surface area contributed by atoms with Gasteiger partial charge in [0.05, 0.1) is 0 Å². The lowest BCUT2D eigenvalue weighted by Gasteiger charge is -2.16. The largest absolute Gasteiger partial charge is 0.381 e. The van der Waals surface area contributed by atoms with Gasteiger partial charge in [-0.1, -0.05) is 27.2 Å². The zero-order valence-corrected chi connectivity index (χ0v) is 12.9. The van der Waals surface area contributed by atoms with Crippen LogP contribution in [-0.4, -0.2) is 32.2 Å². The van der Waals surface area contributed by atoms with Crippen LogP contribution < -0.4 is 11.1 Å². The van der Waals surface area contributed by atoms with Crippen LogP contribution in [0.4, 0.5) is 0 Å². The van der Waals surface area contributed by atoms with E-state index in [1.54, 1.807) is 0 Å². The molecule has 0 spiro atoms. The highest BCUT2D eigenvalue weighted by molar-refractivity contribution is 5.76. The number of carbonyl (C=O) groups excluding carboxylic acids is 1. The van der Waals surface area contributed by atoms with Crippen LogP contribution in [0.1, 0.15) is 52.9 Å². The van der Waals surface area contributed by atoms with Gasteiger partial charge in [-0.15, -0.1) is 0 Å². The average Bonchev–Trinajstić information content (AvgIpc) is 2.36. The Bertz CT molecular complexity index is 220. The minimum Gasteiger partial charge on any atom is -0.381 e. The molecule has 0 rings (SSSR count). The summed E-state index contributed by atoms with van der Waals surface area (Å²) in [6, 6.07) is 0. The van der Waals surface area contributed by atoms with E-state index in [2.05, 4.69) is 26.1 Å². The number of rotatable bonds is 12. The van der Waals surface area contributed by atoms with Crippen LogP contribution in [0.25, 0.3) is 0 Å². The second kappa shape index (κ2) is 12.4. The molecule has 0 radical (unpaired) electrons. The van der Waals surface area contributed by atoms with Crippen molar-refractivity contribution < 1.29 is 9.53 Å². The van der Waals surface area contributed by atoms with E-state index < -0.39 is 0 Å². The van der Waals surface area contributed by atoms with Crippen LogP contribution >= 0.6 is 0 Å². The van der Waals surface area contributed by atoms with Crippen LogP contribution in [0.5, 0.6) is 0 Å². The van der Waals surface area contributed by atoms with Crippen LogP contribution in [0.2, 0.25) is 0 Å². The lowest BCUT2D eigenvalue weighted by Crippen LogP contribution is -2.30. The first-order chi connectivity index (χ1) is 9.10. The zero-order chi connectivity index (χ0) is 14.5. The van der Waals surface area contributed by atoms with Gasteiger partial charge < -0.3 is 15.8 Å². The maximum atomic E-state index is 11.7. The second-order valence-electron chi connectivity index (χ2n) is 5.60. The van der Waals surface area contributed by atoms with Crippen molar-refractivity contribution >= 4 is 5.91 Å². The number of unbranched alkanes of at least 4 members (excludes halogenated alkanes) is 1. The molecule has 0 aliphatic carbocycles. The highest BCUT2D eigenvalue weighted by atomic mass is 16.5. The molecule has 0 bridgehead atoms. The quantitative estimate of drug-likeness (QED) is 0.536. The van der Waals surface area contributed by atoms with Gasteiger partial charge >= 0.3 is 0 Å². The molecule has 1 amide bonds. The van der Waals surface area contributed by atoms with E-state index in [1.165, 1.54) is 0 Å². The van der Waals surface area contributed by atoms with Crippen molar-refractivity contribution in [3.8, 4) is 0 Å². The number of ether oxygens (including phenoxy) is 1. The predicted octanol–water partition coefficient (Wildman–Crippen LogP) is 2.32. The number of hydrogen-bond donors (Lipinski definition) is 2. The average molecular weight is 272 g/mol. The maximum Gasteiger partial charge on any atom is 0.220 e. The van der Waals surface area contributed by atoms with E-state index in [-0.39, 0.29) is 5.91 Å². The number of hydrogen-bond acceptors (Lipinski definition) is 3. The van der Waals surface area contributed by atoms with Gasteiger partial charge in [0.2, 0.25) is 5.91 Å². The predicted molar refractivity (Wildman–Crippen MR) is 80.0 cm³/mol. The fourth-order valence-corrected chi connectivity index (χ4v) is 2.01. The van der Waals surface area contributed by atoms with Crippen LogP contribution in [0.15, 0.2) is 0 Å². The molecule has 0 aromatic heterocycles. The Kier molecular flexibility index (Phi) is 12.0. The molecule has 19 heavy (non-hydrogen) atoms. The Morgan fingerprint density at radius 1 is 1.26 bits per heavy atom. The number of carbonyl (C=O) groups is 1. The molecule has 0 heterocycles. The normalized spacial score (nSPS) is 12.7. The number of amides is 1. The topological polar surface area (TPSA) is 64.3 Å². The summed E-state index contributed by atoms with van der Waals surface area (Å²) in [6.07, 6.45) is 4.72. The Hall–Kier alpha value is -0.610. The van der Waals surface area contributed by atoms with Crippen molar-refractivity contribution in [1.82, 2.24) is 5.32 Å². The molecule has 0 saturated heterocycles. The molecule has 1 unspecified atom stereocenters. The minimum atomic E-state index is 0.115. The van der Waals surface area contributed by atoms with Crippen molar-refractivity contribution in [1.29, 1.82) is 0 Å². The number of nitrogens with one attached hydrogen (secondary N) is 1. The second-order valence-corrected chi connectivity index (χ2v) is 5.60. The van der Waals surface area contributed by atoms with E-state index in [0.29, 0.717) is 31.3 Å². The standard InChI is InChI=1S/C15H32N2O2/c1-4-5-8-19-9-6-7-17-15(18)11-14(12-16)10-13(2)3/h13-14H,4-12,16H2,1-3H3,(H,17,18). The van der Waals surface area contributed by atoms with Gasteiger partial charge in [0.1, 0.15) is 0 Å². The Balaban J connectivity index is 3.52. The van der Waals surface area contributed by atoms with Gasteiger partial charge in [-0.25, -0.2) is 0 Å². The molecule has 1 atom stereocenters. The summed E-state index contributed by atoms with van der Waals surface area (Å²) in [5.41, 5.74) is 5.69. The summed E-state index contributed by atoms with van der Waals surface area (Å²) in [5.74, 6) is 1.01. The van der Waals surface area contributed by atoms with Crippen LogP contribution in [0.3, 0.4) is 0 Å². The highest BCUT2D eigenvalue weighted by Crippen LogP contribution is 2.13. The first kappa shape index (κ1) is 18.4. The van der Waals surface area contributed by atoms with E-state index in [9.17, 15) is 4.79 Å². The molecule has 4 heteroatoms. The fourth-order valence-electron chi connectivity index (χ4n) is 2.01. The smallest absolute Gasteiger partial charge is 0.220 e. The molecule has 0 saturated carbocycles. The van der Waals surface area contributed by atoms with Crippen LogP contribution in [0, 0.1) is 11.8 Å². The molecule has 0 fully saturated rings. The van der Waals surface area contributed by atoms with Crippen molar-refractivity contribution in [2.75, 3.05) is 26.3 Å². The summed E-state index contributed by atoms with van der Waals surface area (Å²) in [7, 11) is 0. The van der Waals surface area contributed by atoms with Gasteiger partial charge in [-0.3, -0.25) is 4.79 Å². The fraction of sp³-hybridized carbons (Fsp3) is 0.933. The van der Waals surface area contributed by atoms with Crippen molar-refractivity contribution in [3.63, 3.8) is 0 Å². The monoisotopic (exact) mass is 272 g/mol. The Labute approximate surface area is 118 Å². The van der Waals surface area contributed by atoms with Crippen molar-refractivity contribution in [2.45, 2.75) is 52.9 Å². The van der Waals surface area contributed by atoms with E-state index >= 15 is 0 Å².